The highest BCUT2D eigenvalue weighted by Crippen LogP contribution is 2.44. The van der Waals surface area contributed by atoms with Crippen LogP contribution in [0.3, 0.4) is 0 Å². The monoisotopic (exact) mass is 350 g/mol. The number of hydrogen-bond acceptors (Lipinski definition) is 5. The van der Waals surface area contributed by atoms with E-state index in [-0.39, 0.29) is 11.7 Å². The summed E-state index contributed by atoms with van der Waals surface area (Å²) < 4.78 is 47.7. The van der Waals surface area contributed by atoms with E-state index in [1.54, 1.807) is 12.5 Å². The molecular weight excluding hydrogens is 337 g/mol. The highest BCUT2D eigenvalue weighted by atomic mass is 19.4. The van der Waals surface area contributed by atoms with E-state index in [1.807, 2.05) is 10.8 Å². The smallest absolute Gasteiger partial charge is 0.406 e. The summed E-state index contributed by atoms with van der Waals surface area (Å²) in [6.45, 7) is 0. The number of benzene rings is 1. The van der Waals surface area contributed by atoms with E-state index in [0.29, 0.717) is 23.3 Å². The molecule has 130 valence electrons. The molecule has 0 aliphatic heterocycles. The highest BCUT2D eigenvalue weighted by Gasteiger charge is 2.35. The Bertz CT molecular complexity index is 837. The van der Waals surface area contributed by atoms with Gasteiger partial charge in [-0.2, -0.15) is 4.98 Å². The lowest BCUT2D eigenvalue weighted by Gasteiger charge is -2.33. The van der Waals surface area contributed by atoms with Crippen molar-refractivity contribution in [2.45, 2.75) is 31.2 Å². The molecule has 1 aliphatic carbocycles. The first kappa shape index (κ1) is 15.7. The van der Waals surface area contributed by atoms with Crippen LogP contribution in [0, 0.1) is 0 Å². The number of rotatable bonds is 4. The van der Waals surface area contributed by atoms with E-state index in [9.17, 15) is 13.2 Å². The van der Waals surface area contributed by atoms with Crippen molar-refractivity contribution in [2.75, 3.05) is 0 Å². The first-order chi connectivity index (χ1) is 12.0. The van der Waals surface area contributed by atoms with E-state index in [0.717, 1.165) is 12.8 Å². The molecule has 1 aromatic carbocycles. The lowest BCUT2D eigenvalue weighted by molar-refractivity contribution is -0.274. The summed E-state index contributed by atoms with van der Waals surface area (Å²) in [5, 5.41) is 3.91. The van der Waals surface area contributed by atoms with E-state index >= 15 is 0 Å². The molecule has 0 radical (unpaired) electrons. The molecule has 0 unspecified atom stereocenters. The average Bonchev–Trinajstić information content (AvgIpc) is 3.17. The fourth-order valence-electron chi connectivity index (χ4n) is 2.84. The van der Waals surface area contributed by atoms with Gasteiger partial charge in [-0.05, 0) is 37.1 Å². The van der Waals surface area contributed by atoms with Crippen LogP contribution in [0.4, 0.5) is 13.2 Å². The van der Waals surface area contributed by atoms with Crippen LogP contribution in [0.1, 0.15) is 30.7 Å². The predicted octanol–water partition coefficient (Wildman–Crippen LogP) is 3.95. The minimum Gasteiger partial charge on any atom is -0.406 e. The van der Waals surface area contributed by atoms with Gasteiger partial charge in [0.25, 0.3) is 0 Å². The van der Waals surface area contributed by atoms with E-state index in [4.69, 9.17) is 4.52 Å². The fourth-order valence-corrected chi connectivity index (χ4v) is 2.84. The van der Waals surface area contributed by atoms with Crippen LogP contribution in [-0.4, -0.2) is 26.1 Å². The normalized spacial score (nSPS) is 20.3. The predicted molar refractivity (Wildman–Crippen MR) is 79.7 cm³/mol. The molecule has 1 fully saturated rings. The molecule has 1 saturated carbocycles. The lowest BCUT2D eigenvalue weighted by Crippen LogP contribution is -2.24. The summed E-state index contributed by atoms with van der Waals surface area (Å²) in [5.41, 5.74) is 0.565. The first-order valence-electron chi connectivity index (χ1n) is 7.65. The number of imidazole rings is 1. The topological polar surface area (TPSA) is 66.0 Å². The van der Waals surface area contributed by atoms with Crippen LogP contribution in [0.5, 0.6) is 5.75 Å². The van der Waals surface area contributed by atoms with Crippen molar-refractivity contribution >= 4 is 0 Å². The van der Waals surface area contributed by atoms with Crippen molar-refractivity contribution in [2.24, 2.45) is 0 Å². The van der Waals surface area contributed by atoms with E-state index < -0.39 is 6.36 Å². The van der Waals surface area contributed by atoms with E-state index in [2.05, 4.69) is 19.9 Å². The number of ether oxygens (including phenoxy) is 1. The van der Waals surface area contributed by atoms with Crippen molar-refractivity contribution in [1.82, 2.24) is 19.7 Å². The third-order valence-electron chi connectivity index (χ3n) is 4.20. The molecule has 3 aromatic rings. The average molecular weight is 350 g/mol. The zero-order valence-electron chi connectivity index (χ0n) is 12.8. The highest BCUT2D eigenvalue weighted by molar-refractivity contribution is 5.55. The van der Waals surface area contributed by atoms with Crippen molar-refractivity contribution < 1.29 is 22.4 Å². The summed E-state index contributed by atoms with van der Waals surface area (Å²) in [4.78, 5) is 8.38. The number of hydrogen-bond donors (Lipinski definition) is 0. The van der Waals surface area contributed by atoms with Crippen molar-refractivity contribution in [3.05, 3.63) is 48.9 Å². The van der Waals surface area contributed by atoms with Crippen molar-refractivity contribution in [3.8, 4) is 17.1 Å². The Morgan fingerprint density at radius 3 is 2.56 bits per heavy atom. The minimum atomic E-state index is -4.71. The van der Waals surface area contributed by atoms with Gasteiger partial charge in [-0.1, -0.05) is 5.16 Å². The van der Waals surface area contributed by atoms with Crippen LogP contribution < -0.4 is 4.74 Å². The number of alkyl halides is 3. The van der Waals surface area contributed by atoms with Gasteiger partial charge in [0, 0.05) is 29.9 Å². The van der Waals surface area contributed by atoms with Crippen LogP contribution >= 0.6 is 0 Å². The molecule has 6 nitrogen and oxygen atoms in total. The van der Waals surface area contributed by atoms with Gasteiger partial charge in [-0.3, -0.25) is 0 Å². The molecular formula is C16H13F3N4O2. The van der Waals surface area contributed by atoms with Gasteiger partial charge in [-0.15, -0.1) is 13.2 Å². The maximum atomic E-state index is 12.2. The zero-order chi connectivity index (χ0) is 17.4. The van der Waals surface area contributed by atoms with Crippen LogP contribution in [0.2, 0.25) is 0 Å². The summed E-state index contributed by atoms with van der Waals surface area (Å²) in [6, 6.07) is 5.74. The van der Waals surface area contributed by atoms with Gasteiger partial charge in [0.2, 0.25) is 11.7 Å². The zero-order valence-corrected chi connectivity index (χ0v) is 12.8. The van der Waals surface area contributed by atoms with E-state index in [1.165, 1.54) is 24.3 Å². The maximum absolute atomic E-state index is 12.2. The molecule has 0 spiro atoms. The Balaban J connectivity index is 1.42. The Hall–Kier alpha value is -2.84. The van der Waals surface area contributed by atoms with Gasteiger partial charge < -0.3 is 13.8 Å². The summed E-state index contributed by atoms with van der Waals surface area (Å²) in [6.07, 6.45) is 2.50. The second-order valence-corrected chi connectivity index (χ2v) is 5.86. The van der Waals surface area contributed by atoms with Crippen molar-refractivity contribution in [3.63, 3.8) is 0 Å². The summed E-state index contributed by atoms with van der Waals surface area (Å²) >= 11 is 0. The Labute approximate surface area is 140 Å². The van der Waals surface area contributed by atoms with Crippen LogP contribution in [0.25, 0.3) is 11.4 Å². The molecule has 1 aliphatic rings. The second kappa shape index (κ2) is 5.91. The molecule has 25 heavy (non-hydrogen) atoms. The Morgan fingerprint density at radius 1 is 1.16 bits per heavy atom. The molecule has 0 amide bonds. The third-order valence-corrected chi connectivity index (χ3v) is 4.20. The van der Waals surface area contributed by atoms with Gasteiger partial charge in [0.15, 0.2) is 0 Å². The molecule has 9 heteroatoms. The molecule has 4 rings (SSSR count). The molecule has 2 aromatic heterocycles. The standard InChI is InChI=1S/C16H13F3N4O2/c17-16(18,19)24-13-3-1-10(2-4-13)14-21-15(25-22-14)11-7-12(8-11)23-6-5-20-9-23/h1-6,9,11-12H,7-8H2. The summed E-state index contributed by atoms with van der Waals surface area (Å²) in [5.74, 6) is 0.783. The quantitative estimate of drug-likeness (QED) is 0.713. The van der Waals surface area contributed by atoms with Crippen LogP contribution in [-0.2, 0) is 0 Å². The fraction of sp³-hybridized carbons (Fsp3) is 0.312. The Kier molecular flexibility index (Phi) is 3.70. The number of nitrogens with zero attached hydrogens (tertiary/aromatic N) is 4. The number of aromatic nitrogens is 4. The van der Waals surface area contributed by atoms with Crippen molar-refractivity contribution in [1.29, 1.82) is 0 Å². The molecule has 2 heterocycles. The summed E-state index contributed by atoms with van der Waals surface area (Å²) in [7, 11) is 0. The SMILES string of the molecule is FC(F)(F)Oc1ccc(-c2noc(C3CC(n4ccnc4)C3)n2)cc1. The first-order valence-corrected chi connectivity index (χ1v) is 7.65. The molecule has 0 bridgehead atoms. The van der Waals surface area contributed by atoms with Gasteiger partial charge in [-0.25, -0.2) is 4.98 Å². The lowest BCUT2D eigenvalue weighted by atomic mass is 9.80. The second-order valence-electron chi connectivity index (χ2n) is 5.86. The van der Waals surface area contributed by atoms with Gasteiger partial charge in [0.05, 0.1) is 6.33 Å². The number of halogens is 3. The van der Waals surface area contributed by atoms with Crippen LogP contribution in [0.15, 0.2) is 47.5 Å². The van der Waals surface area contributed by atoms with Gasteiger partial charge >= 0.3 is 6.36 Å². The molecule has 0 atom stereocenters. The Morgan fingerprint density at radius 2 is 1.92 bits per heavy atom. The minimum absolute atomic E-state index is 0.182. The largest absolute Gasteiger partial charge is 0.573 e. The maximum Gasteiger partial charge on any atom is 0.573 e. The molecule has 0 saturated heterocycles. The van der Waals surface area contributed by atoms with Gasteiger partial charge in [0.1, 0.15) is 5.75 Å². The third kappa shape index (κ3) is 3.35. The molecule has 0 N–H and O–H groups in total.